The molecule has 3 saturated heterocycles. The van der Waals surface area contributed by atoms with Crippen LogP contribution in [0.4, 0.5) is 11.5 Å². The average molecular weight is 780 g/mol. The summed E-state index contributed by atoms with van der Waals surface area (Å²) in [5.74, 6) is 0.0589. The Hall–Kier alpha value is -6.19. The number of hydrogen-bond acceptors (Lipinski definition) is 10. The van der Waals surface area contributed by atoms with Gasteiger partial charge >= 0.3 is 5.69 Å². The van der Waals surface area contributed by atoms with E-state index < -0.39 is 11.9 Å². The lowest BCUT2D eigenvalue weighted by Crippen LogP contribution is -2.54. The van der Waals surface area contributed by atoms with Crippen molar-refractivity contribution in [1.82, 2.24) is 49.1 Å². The number of rotatable bonds is 10. The van der Waals surface area contributed by atoms with Crippen LogP contribution in [-0.2, 0) is 23.2 Å². The molecular weight excluding hydrogens is 735 g/mol. The number of imidazole rings is 2. The number of imide groups is 1. The van der Waals surface area contributed by atoms with Crippen molar-refractivity contribution in [2.45, 2.75) is 69.1 Å². The number of pyridine rings is 1. The van der Waals surface area contributed by atoms with E-state index in [9.17, 15) is 19.2 Å². The molecule has 4 aromatic heterocycles. The van der Waals surface area contributed by atoms with Crippen molar-refractivity contribution in [3.05, 3.63) is 106 Å². The summed E-state index contributed by atoms with van der Waals surface area (Å²) >= 11 is 0. The molecule has 3 N–H and O–H groups in total. The number of carbonyl (C=O) groups excluding carboxylic acids is 3. The minimum atomic E-state index is -0.682. The summed E-state index contributed by atoms with van der Waals surface area (Å²) in [6, 6.07) is 22.1. The van der Waals surface area contributed by atoms with Gasteiger partial charge in [0.1, 0.15) is 6.04 Å². The van der Waals surface area contributed by atoms with E-state index in [1.807, 2.05) is 54.7 Å². The van der Waals surface area contributed by atoms with Crippen molar-refractivity contribution in [3.8, 4) is 11.3 Å². The van der Waals surface area contributed by atoms with Crippen molar-refractivity contribution < 1.29 is 14.4 Å². The maximum Gasteiger partial charge on any atom is 0.329 e. The van der Waals surface area contributed by atoms with Crippen LogP contribution in [0.25, 0.3) is 27.9 Å². The molecule has 4 fully saturated rings. The third-order valence-electron chi connectivity index (χ3n) is 12.2. The highest BCUT2D eigenvalue weighted by Crippen LogP contribution is 2.36. The number of nitrogens with one attached hydrogen (secondary N) is 3. The predicted molar refractivity (Wildman–Crippen MR) is 218 cm³/mol. The van der Waals surface area contributed by atoms with E-state index in [0.29, 0.717) is 35.5 Å². The first-order valence-electron chi connectivity index (χ1n) is 20.2. The molecule has 0 bridgehead atoms. The van der Waals surface area contributed by atoms with Gasteiger partial charge in [-0.1, -0.05) is 30.3 Å². The Morgan fingerprint density at radius 1 is 0.897 bits per heavy atom. The molecule has 1 atom stereocenters. The van der Waals surface area contributed by atoms with Crippen LogP contribution in [0, 0.1) is 0 Å². The molecule has 15 nitrogen and oxygen atoms in total. The fourth-order valence-electron chi connectivity index (χ4n) is 8.91. The lowest BCUT2D eigenvalue weighted by atomic mass is 9.87. The second kappa shape index (κ2) is 14.6. The molecule has 6 aromatic rings. The van der Waals surface area contributed by atoms with Gasteiger partial charge in [-0.3, -0.25) is 43.6 Å². The van der Waals surface area contributed by atoms with Gasteiger partial charge in [-0.25, -0.2) is 14.3 Å². The Balaban J connectivity index is 0.734. The zero-order valence-corrected chi connectivity index (χ0v) is 32.3. The van der Waals surface area contributed by atoms with Crippen molar-refractivity contribution in [3.63, 3.8) is 0 Å². The molecule has 15 heteroatoms. The van der Waals surface area contributed by atoms with Crippen molar-refractivity contribution >= 4 is 45.9 Å². The number of fused-ring (bicyclic) bond motifs is 2. The molecule has 0 spiro atoms. The number of hydrogen-bond donors (Lipinski definition) is 3. The van der Waals surface area contributed by atoms with E-state index in [4.69, 9.17) is 4.98 Å². The van der Waals surface area contributed by atoms with E-state index in [1.54, 1.807) is 26.9 Å². The zero-order valence-electron chi connectivity index (χ0n) is 32.3. The summed E-state index contributed by atoms with van der Waals surface area (Å²) in [5.41, 5.74) is 7.51. The largest absolute Gasteiger partial charge is 0.348 e. The number of carbonyl (C=O) groups is 3. The van der Waals surface area contributed by atoms with Crippen LogP contribution in [0.3, 0.4) is 0 Å². The van der Waals surface area contributed by atoms with Gasteiger partial charge in [0, 0.05) is 68.6 Å². The standard InChI is InChI=1S/C43H45N11O4/c1-50-40-32(6-3-7-34(40)53(43(50)58)35-12-15-39(55)48-41(35)56)28-24-52(25-28)31-16-18-51(19-17-31)23-26-8-11-33(44-21-26)27-4-2-5-30(20-27)46-37-13-14-38-45-22-36(54(38)49-37)42(57)47-29-9-10-29/h2-8,11,13-14,20-22,28-29,31,35H,9-10,12,15-19,23-25H2,1H3,(H,46,49)(H,47,57)(H,48,55,56). The lowest BCUT2D eigenvalue weighted by Gasteiger charge is -2.47. The van der Waals surface area contributed by atoms with Gasteiger partial charge in [0.2, 0.25) is 11.8 Å². The smallest absolute Gasteiger partial charge is 0.329 e. The monoisotopic (exact) mass is 779 g/mol. The van der Waals surface area contributed by atoms with Crippen LogP contribution in [-0.4, -0.2) is 94.5 Å². The molecule has 0 radical (unpaired) electrons. The Labute approximate surface area is 334 Å². The number of piperidine rings is 2. The van der Waals surface area contributed by atoms with Gasteiger partial charge in [0.25, 0.3) is 5.91 Å². The fourth-order valence-corrected chi connectivity index (χ4v) is 8.91. The number of aromatic nitrogens is 6. The van der Waals surface area contributed by atoms with Gasteiger partial charge in [0.05, 0.1) is 22.9 Å². The minimum Gasteiger partial charge on any atom is -0.348 e. The Morgan fingerprint density at radius 2 is 1.72 bits per heavy atom. The molecule has 58 heavy (non-hydrogen) atoms. The Morgan fingerprint density at radius 3 is 2.50 bits per heavy atom. The summed E-state index contributed by atoms with van der Waals surface area (Å²) in [6.07, 6.45) is 8.33. The van der Waals surface area contributed by atoms with Crippen molar-refractivity contribution in [2.75, 3.05) is 31.5 Å². The number of amides is 3. The molecule has 296 valence electrons. The first kappa shape index (κ1) is 36.2. The van der Waals surface area contributed by atoms with E-state index in [0.717, 1.165) is 91.9 Å². The van der Waals surface area contributed by atoms with E-state index in [1.165, 1.54) is 5.56 Å². The predicted octanol–water partition coefficient (Wildman–Crippen LogP) is 4.12. The maximum absolute atomic E-state index is 13.4. The van der Waals surface area contributed by atoms with E-state index >= 15 is 0 Å². The zero-order chi connectivity index (χ0) is 39.5. The summed E-state index contributed by atoms with van der Waals surface area (Å²) in [6.45, 7) is 4.78. The van der Waals surface area contributed by atoms with E-state index in [2.05, 4.69) is 54.0 Å². The van der Waals surface area contributed by atoms with Crippen LogP contribution in [0.15, 0.2) is 83.9 Å². The van der Waals surface area contributed by atoms with Crippen LogP contribution in [0.1, 0.15) is 72.1 Å². The molecule has 2 aromatic carbocycles. The maximum atomic E-state index is 13.4. The number of benzene rings is 2. The third kappa shape index (κ3) is 6.83. The molecule has 10 rings (SSSR count). The Bertz CT molecular complexity index is 2630. The molecule has 1 aliphatic carbocycles. The number of nitrogens with zero attached hydrogens (tertiary/aromatic N) is 8. The molecule has 1 saturated carbocycles. The normalized spacial score (nSPS) is 19.7. The second-order valence-corrected chi connectivity index (χ2v) is 16.2. The highest BCUT2D eigenvalue weighted by Gasteiger charge is 2.37. The number of aryl methyl sites for hydroxylation is 1. The van der Waals surface area contributed by atoms with Gasteiger partial charge in [-0.2, -0.15) is 0 Å². The van der Waals surface area contributed by atoms with Gasteiger partial charge < -0.3 is 10.6 Å². The third-order valence-corrected chi connectivity index (χ3v) is 12.2. The number of likely N-dealkylation sites (tertiary alicyclic amines) is 2. The van der Waals surface area contributed by atoms with Crippen LogP contribution >= 0.6 is 0 Å². The van der Waals surface area contributed by atoms with Gasteiger partial charge in [0.15, 0.2) is 17.2 Å². The summed E-state index contributed by atoms with van der Waals surface area (Å²) in [7, 11) is 1.78. The number of para-hydroxylation sites is 1. The van der Waals surface area contributed by atoms with Crippen molar-refractivity contribution in [2.24, 2.45) is 7.05 Å². The Kier molecular flexibility index (Phi) is 9.13. The van der Waals surface area contributed by atoms with Gasteiger partial charge in [-0.05, 0) is 92.7 Å². The van der Waals surface area contributed by atoms with Crippen LogP contribution in [0.5, 0.6) is 0 Å². The van der Waals surface area contributed by atoms with Crippen molar-refractivity contribution in [1.29, 1.82) is 0 Å². The minimum absolute atomic E-state index is 0.160. The molecule has 3 aliphatic heterocycles. The highest BCUT2D eigenvalue weighted by atomic mass is 16.2. The first-order valence-corrected chi connectivity index (χ1v) is 20.2. The van der Waals surface area contributed by atoms with E-state index in [-0.39, 0.29) is 30.0 Å². The SMILES string of the molecule is Cn1c(=O)n(C2CCC(=O)NC2=O)c2cccc(C3CN(C4CCN(Cc5ccc(-c6cccc(Nc7ccc8ncc(C(=O)NC9CC9)n8n7)c6)nc5)CC4)C3)c21. The first-order chi connectivity index (χ1) is 28.3. The summed E-state index contributed by atoms with van der Waals surface area (Å²) in [5, 5.41) is 13.4. The summed E-state index contributed by atoms with van der Waals surface area (Å²) in [4.78, 5) is 64.8. The molecular formula is C43H45N11O4. The fraction of sp³-hybridized carbons (Fsp3) is 0.372. The van der Waals surface area contributed by atoms with Crippen LogP contribution < -0.4 is 21.6 Å². The molecule has 1 unspecified atom stereocenters. The molecule has 3 amide bonds. The highest BCUT2D eigenvalue weighted by molar-refractivity contribution is 6.00. The summed E-state index contributed by atoms with van der Waals surface area (Å²) < 4.78 is 4.82. The quantitative estimate of drug-likeness (QED) is 0.173. The van der Waals surface area contributed by atoms with Gasteiger partial charge in [-0.15, -0.1) is 5.10 Å². The number of anilines is 2. The topological polar surface area (TPSA) is 164 Å². The molecule has 7 heterocycles. The lowest BCUT2D eigenvalue weighted by molar-refractivity contribution is -0.135. The molecule has 4 aliphatic rings. The average Bonchev–Trinajstić information content (AvgIpc) is 3.87. The second-order valence-electron chi connectivity index (χ2n) is 16.2. The van der Waals surface area contributed by atoms with Crippen LogP contribution in [0.2, 0.25) is 0 Å².